The average Bonchev–Trinajstić information content (AvgIpc) is 2.61. The average molecular weight is 346 g/mol. The van der Waals surface area contributed by atoms with E-state index in [1.165, 1.54) is 12.1 Å². The molecular weight excluding hydrogens is 329 g/mol. The third-order valence-corrected chi connectivity index (χ3v) is 4.37. The van der Waals surface area contributed by atoms with Crippen LogP contribution in [0.1, 0.15) is 28.4 Å². The molecular formula is C19H17F3N2O. The van der Waals surface area contributed by atoms with E-state index in [1.807, 2.05) is 31.2 Å². The van der Waals surface area contributed by atoms with Crippen molar-refractivity contribution >= 4 is 5.69 Å². The summed E-state index contributed by atoms with van der Waals surface area (Å²) in [5.74, 6) is 0. The Labute approximate surface area is 144 Å². The Balaban J connectivity index is 1.94. The van der Waals surface area contributed by atoms with Crippen LogP contribution in [0.3, 0.4) is 0 Å². The van der Waals surface area contributed by atoms with E-state index < -0.39 is 11.7 Å². The number of ether oxygens (including phenoxy) is 1. The van der Waals surface area contributed by atoms with E-state index >= 15 is 0 Å². The van der Waals surface area contributed by atoms with Crippen LogP contribution in [0.15, 0.2) is 42.5 Å². The zero-order chi connectivity index (χ0) is 18.0. The van der Waals surface area contributed by atoms with Gasteiger partial charge in [-0.05, 0) is 36.2 Å². The minimum Gasteiger partial charge on any atom is -0.370 e. The van der Waals surface area contributed by atoms with Crippen LogP contribution in [0.25, 0.3) is 0 Å². The highest BCUT2D eigenvalue weighted by molar-refractivity contribution is 5.58. The van der Waals surface area contributed by atoms with E-state index in [0.717, 1.165) is 17.2 Å². The molecule has 2 aromatic carbocycles. The first-order valence-corrected chi connectivity index (χ1v) is 7.93. The second-order valence-corrected chi connectivity index (χ2v) is 6.00. The van der Waals surface area contributed by atoms with E-state index in [9.17, 15) is 13.2 Å². The molecule has 3 rings (SSSR count). The van der Waals surface area contributed by atoms with Crippen molar-refractivity contribution < 1.29 is 17.9 Å². The van der Waals surface area contributed by atoms with Crippen LogP contribution in [0, 0.1) is 18.3 Å². The molecule has 2 aromatic rings. The molecule has 1 saturated heterocycles. The lowest BCUT2D eigenvalue weighted by Gasteiger charge is -2.36. The lowest BCUT2D eigenvalue weighted by Crippen LogP contribution is -2.39. The third kappa shape index (κ3) is 3.62. The van der Waals surface area contributed by atoms with E-state index in [0.29, 0.717) is 19.7 Å². The summed E-state index contributed by atoms with van der Waals surface area (Å²) in [5.41, 5.74) is 1.34. The van der Waals surface area contributed by atoms with Crippen LogP contribution in [-0.4, -0.2) is 19.7 Å². The van der Waals surface area contributed by atoms with Gasteiger partial charge in [0.25, 0.3) is 0 Å². The highest BCUT2D eigenvalue weighted by Gasteiger charge is 2.36. The second-order valence-electron chi connectivity index (χ2n) is 6.00. The molecule has 0 spiro atoms. The van der Waals surface area contributed by atoms with Gasteiger partial charge in [-0.1, -0.05) is 24.3 Å². The Morgan fingerprint density at radius 3 is 2.64 bits per heavy atom. The van der Waals surface area contributed by atoms with Gasteiger partial charge in [-0.2, -0.15) is 18.4 Å². The zero-order valence-corrected chi connectivity index (χ0v) is 13.7. The molecule has 1 aliphatic rings. The van der Waals surface area contributed by atoms with E-state index in [4.69, 9.17) is 10.00 Å². The molecule has 0 N–H and O–H groups in total. The Hall–Kier alpha value is -2.52. The maximum atomic E-state index is 13.4. The van der Waals surface area contributed by atoms with Gasteiger partial charge in [0.2, 0.25) is 0 Å². The van der Waals surface area contributed by atoms with Gasteiger partial charge in [-0.15, -0.1) is 0 Å². The fraction of sp³-hybridized carbons (Fsp3) is 0.316. The Morgan fingerprint density at radius 2 is 1.96 bits per heavy atom. The molecule has 3 nitrogen and oxygen atoms in total. The van der Waals surface area contributed by atoms with E-state index in [2.05, 4.69) is 0 Å². The maximum Gasteiger partial charge on any atom is 0.418 e. The first-order chi connectivity index (χ1) is 11.9. The van der Waals surface area contributed by atoms with Crippen LogP contribution in [0.4, 0.5) is 18.9 Å². The molecule has 0 aromatic heterocycles. The molecule has 1 fully saturated rings. The Morgan fingerprint density at radius 1 is 1.20 bits per heavy atom. The number of hydrogen-bond donors (Lipinski definition) is 0. The molecule has 1 atom stereocenters. The second kappa shape index (κ2) is 6.77. The van der Waals surface area contributed by atoms with Crippen molar-refractivity contribution in [3.8, 4) is 6.07 Å². The van der Waals surface area contributed by atoms with Gasteiger partial charge in [0.1, 0.15) is 6.10 Å². The number of nitrogens with zero attached hydrogens (tertiary/aromatic N) is 2. The summed E-state index contributed by atoms with van der Waals surface area (Å²) in [4.78, 5) is 1.69. The van der Waals surface area contributed by atoms with E-state index in [1.54, 1.807) is 11.0 Å². The van der Waals surface area contributed by atoms with Crippen LogP contribution < -0.4 is 4.90 Å². The predicted molar refractivity (Wildman–Crippen MR) is 88.2 cm³/mol. The minimum atomic E-state index is -4.52. The standard InChI is InChI=1S/C19H17F3N2O/c1-13-4-2-3-5-15(13)18-12-24(8-9-25-18)17-7-6-14(11-23)10-16(17)19(20,21)22/h2-7,10,18H,8-9,12H2,1H3. The van der Waals surface area contributed by atoms with Crippen molar-refractivity contribution in [1.82, 2.24) is 0 Å². The number of halogens is 3. The van der Waals surface area contributed by atoms with Crippen molar-refractivity contribution in [1.29, 1.82) is 5.26 Å². The van der Waals surface area contributed by atoms with E-state index in [-0.39, 0.29) is 17.4 Å². The number of anilines is 1. The van der Waals surface area contributed by atoms with Gasteiger partial charge in [0.15, 0.2) is 0 Å². The summed E-state index contributed by atoms with van der Waals surface area (Å²) in [6, 6.07) is 13.2. The number of hydrogen-bond acceptors (Lipinski definition) is 3. The lowest BCUT2D eigenvalue weighted by atomic mass is 10.0. The number of rotatable bonds is 2. The van der Waals surface area contributed by atoms with Crippen molar-refractivity contribution in [2.24, 2.45) is 0 Å². The van der Waals surface area contributed by atoms with Gasteiger partial charge in [-0.25, -0.2) is 0 Å². The molecule has 0 aliphatic carbocycles. The number of benzene rings is 2. The molecule has 1 heterocycles. The van der Waals surface area contributed by atoms with Crippen molar-refractivity contribution in [2.45, 2.75) is 19.2 Å². The molecule has 25 heavy (non-hydrogen) atoms. The van der Waals surface area contributed by atoms with Crippen LogP contribution in [-0.2, 0) is 10.9 Å². The monoisotopic (exact) mass is 346 g/mol. The summed E-state index contributed by atoms with van der Waals surface area (Å²) < 4.78 is 46.1. The Bertz CT molecular complexity index is 811. The molecule has 0 saturated carbocycles. The Kier molecular flexibility index (Phi) is 4.69. The summed E-state index contributed by atoms with van der Waals surface area (Å²) >= 11 is 0. The summed E-state index contributed by atoms with van der Waals surface area (Å²) in [6.45, 7) is 3.01. The van der Waals surface area contributed by atoms with Crippen molar-refractivity contribution in [3.63, 3.8) is 0 Å². The van der Waals surface area contributed by atoms with Crippen molar-refractivity contribution in [3.05, 3.63) is 64.7 Å². The molecule has 0 radical (unpaired) electrons. The first-order valence-electron chi connectivity index (χ1n) is 7.93. The minimum absolute atomic E-state index is 0.000196. The quantitative estimate of drug-likeness (QED) is 0.805. The summed E-state index contributed by atoms with van der Waals surface area (Å²) in [5, 5.41) is 8.90. The molecule has 0 bridgehead atoms. The zero-order valence-electron chi connectivity index (χ0n) is 13.7. The molecule has 1 aliphatic heterocycles. The first kappa shape index (κ1) is 17.3. The van der Waals surface area contributed by atoms with Gasteiger partial charge in [-0.3, -0.25) is 0 Å². The van der Waals surface area contributed by atoms with Gasteiger partial charge in [0.05, 0.1) is 23.8 Å². The van der Waals surface area contributed by atoms with Crippen LogP contribution in [0.5, 0.6) is 0 Å². The smallest absolute Gasteiger partial charge is 0.370 e. The normalized spacial score (nSPS) is 18.0. The molecule has 130 valence electrons. The third-order valence-electron chi connectivity index (χ3n) is 4.37. The molecule has 1 unspecified atom stereocenters. The predicted octanol–water partition coefficient (Wildman–Crippen LogP) is 4.46. The molecule has 0 amide bonds. The lowest BCUT2D eigenvalue weighted by molar-refractivity contribution is -0.137. The topological polar surface area (TPSA) is 36.3 Å². The fourth-order valence-electron chi connectivity index (χ4n) is 3.11. The number of nitriles is 1. The largest absolute Gasteiger partial charge is 0.418 e. The van der Waals surface area contributed by atoms with Gasteiger partial charge < -0.3 is 9.64 Å². The van der Waals surface area contributed by atoms with Gasteiger partial charge in [0, 0.05) is 18.8 Å². The van der Waals surface area contributed by atoms with Gasteiger partial charge >= 0.3 is 6.18 Å². The summed E-state index contributed by atoms with van der Waals surface area (Å²) in [6.07, 6.45) is -4.80. The van der Waals surface area contributed by atoms with Crippen LogP contribution in [0.2, 0.25) is 0 Å². The SMILES string of the molecule is Cc1ccccc1C1CN(c2ccc(C#N)cc2C(F)(F)F)CCO1. The number of morpholine rings is 1. The van der Waals surface area contributed by atoms with Crippen LogP contribution >= 0.6 is 0 Å². The highest BCUT2D eigenvalue weighted by atomic mass is 19.4. The maximum absolute atomic E-state index is 13.4. The highest BCUT2D eigenvalue weighted by Crippen LogP contribution is 2.39. The molecule has 6 heteroatoms. The number of alkyl halides is 3. The fourth-order valence-corrected chi connectivity index (χ4v) is 3.11. The summed E-state index contributed by atoms with van der Waals surface area (Å²) in [7, 11) is 0. The van der Waals surface area contributed by atoms with Crippen molar-refractivity contribution in [2.75, 3.05) is 24.6 Å². The number of aryl methyl sites for hydroxylation is 1.